The van der Waals surface area contributed by atoms with Gasteiger partial charge in [-0.15, -0.1) is 0 Å². The Kier molecular flexibility index (Phi) is 13.7. The molecular weight excluding hydrogens is 188 g/mol. The van der Waals surface area contributed by atoms with Gasteiger partial charge >= 0.3 is 0 Å². The van der Waals surface area contributed by atoms with Crippen LogP contribution in [-0.4, -0.2) is 11.5 Å². The number of hydrogen-bond donors (Lipinski definition) is 0. The fourth-order valence-electron chi connectivity index (χ4n) is 1.54. The standard InChI is InChI=1S/C13H27S/c1-3-5-6-7-8-9-10-11-13-14-12-4-2/h2-13H2,1H3. The summed E-state index contributed by atoms with van der Waals surface area (Å²) in [6.45, 7) is 6.12. The van der Waals surface area contributed by atoms with Gasteiger partial charge in [0.05, 0.1) is 0 Å². The van der Waals surface area contributed by atoms with Gasteiger partial charge in [0.15, 0.2) is 0 Å². The lowest BCUT2D eigenvalue weighted by atomic mass is 10.1. The van der Waals surface area contributed by atoms with E-state index in [1.54, 1.807) is 0 Å². The third kappa shape index (κ3) is 12.3. The molecule has 1 heteroatoms. The average molecular weight is 215 g/mol. The summed E-state index contributed by atoms with van der Waals surface area (Å²) in [5.41, 5.74) is 0. The van der Waals surface area contributed by atoms with Gasteiger partial charge in [-0.3, -0.25) is 0 Å². The smallest absolute Gasteiger partial charge is 0.00675 e. The third-order valence-electron chi connectivity index (χ3n) is 2.43. The molecule has 0 aliphatic heterocycles. The normalized spacial score (nSPS) is 10.7. The molecular formula is C13H27S. The van der Waals surface area contributed by atoms with E-state index in [4.69, 9.17) is 0 Å². The fourth-order valence-corrected chi connectivity index (χ4v) is 2.36. The Morgan fingerprint density at radius 2 is 1.36 bits per heavy atom. The van der Waals surface area contributed by atoms with E-state index in [0.29, 0.717) is 0 Å². The molecule has 0 bridgehead atoms. The minimum atomic E-state index is 1.09. The molecule has 0 amide bonds. The molecule has 0 aromatic heterocycles. The predicted octanol–water partition coefficient (Wildman–Crippen LogP) is 5.08. The van der Waals surface area contributed by atoms with Crippen molar-refractivity contribution in [2.45, 2.75) is 64.7 Å². The van der Waals surface area contributed by atoms with Crippen molar-refractivity contribution in [3.63, 3.8) is 0 Å². The van der Waals surface area contributed by atoms with E-state index < -0.39 is 0 Å². The van der Waals surface area contributed by atoms with Crippen LogP contribution in [0.3, 0.4) is 0 Å². The molecule has 0 spiro atoms. The molecule has 0 aromatic rings. The maximum Gasteiger partial charge on any atom is -0.00675 e. The van der Waals surface area contributed by atoms with Crippen LogP contribution in [0.25, 0.3) is 0 Å². The van der Waals surface area contributed by atoms with Crippen molar-refractivity contribution in [1.82, 2.24) is 0 Å². The zero-order chi connectivity index (χ0) is 10.5. The van der Waals surface area contributed by atoms with Crippen LogP contribution >= 0.6 is 11.8 Å². The van der Waals surface area contributed by atoms with Crippen molar-refractivity contribution >= 4 is 11.8 Å². The Bertz CT molecular complexity index is 79.2. The van der Waals surface area contributed by atoms with Gasteiger partial charge in [-0.05, 0) is 24.3 Å². The van der Waals surface area contributed by atoms with Crippen molar-refractivity contribution in [3.8, 4) is 0 Å². The first-order valence-corrected chi connectivity index (χ1v) is 7.44. The van der Waals surface area contributed by atoms with Crippen LogP contribution in [-0.2, 0) is 0 Å². The van der Waals surface area contributed by atoms with Crippen molar-refractivity contribution in [3.05, 3.63) is 6.92 Å². The van der Waals surface area contributed by atoms with E-state index in [1.807, 2.05) is 0 Å². The van der Waals surface area contributed by atoms with Crippen molar-refractivity contribution in [1.29, 1.82) is 0 Å². The van der Waals surface area contributed by atoms with Crippen LogP contribution in [0.15, 0.2) is 0 Å². The Morgan fingerprint density at radius 3 is 1.93 bits per heavy atom. The molecule has 0 rings (SSSR count). The molecule has 0 aliphatic carbocycles. The van der Waals surface area contributed by atoms with Crippen LogP contribution in [0.1, 0.15) is 64.7 Å². The Labute approximate surface area is 95.2 Å². The SMILES string of the molecule is [CH2]CCSCCCCCCCCCC. The molecule has 0 atom stereocenters. The molecule has 85 valence electrons. The second-order valence-electron chi connectivity index (χ2n) is 3.94. The summed E-state index contributed by atoms with van der Waals surface area (Å²) in [5.74, 6) is 2.60. The number of unbranched alkanes of at least 4 members (excludes halogenated alkanes) is 7. The van der Waals surface area contributed by atoms with Crippen LogP contribution in [0, 0.1) is 6.92 Å². The lowest BCUT2D eigenvalue weighted by molar-refractivity contribution is 0.586. The number of rotatable bonds is 11. The zero-order valence-electron chi connectivity index (χ0n) is 9.89. The molecule has 0 aromatic carbocycles. The van der Waals surface area contributed by atoms with Crippen LogP contribution in [0.4, 0.5) is 0 Å². The molecule has 0 nitrogen and oxygen atoms in total. The monoisotopic (exact) mass is 215 g/mol. The first-order valence-electron chi connectivity index (χ1n) is 6.28. The highest BCUT2D eigenvalue weighted by Crippen LogP contribution is 2.11. The summed E-state index contributed by atoms with van der Waals surface area (Å²) in [6.07, 6.45) is 12.6. The van der Waals surface area contributed by atoms with Gasteiger partial charge in [-0.1, -0.05) is 58.8 Å². The van der Waals surface area contributed by atoms with Gasteiger partial charge in [-0.25, -0.2) is 0 Å². The fraction of sp³-hybridized carbons (Fsp3) is 0.923. The Hall–Kier alpha value is 0.350. The molecule has 14 heavy (non-hydrogen) atoms. The number of hydrogen-bond acceptors (Lipinski definition) is 1. The van der Waals surface area contributed by atoms with Crippen molar-refractivity contribution in [2.24, 2.45) is 0 Å². The maximum atomic E-state index is 3.84. The van der Waals surface area contributed by atoms with Crippen molar-refractivity contribution in [2.75, 3.05) is 11.5 Å². The quantitative estimate of drug-likeness (QED) is 0.433. The predicted molar refractivity (Wildman–Crippen MR) is 69.9 cm³/mol. The molecule has 1 radical (unpaired) electrons. The topological polar surface area (TPSA) is 0 Å². The van der Waals surface area contributed by atoms with Gasteiger partial charge in [0.1, 0.15) is 0 Å². The maximum absolute atomic E-state index is 3.84. The van der Waals surface area contributed by atoms with E-state index >= 15 is 0 Å². The summed E-state index contributed by atoms with van der Waals surface area (Å²) < 4.78 is 0. The Morgan fingerprint density at radius 1 is 0.786 bits per heavy atom. The highest BCUT2D eigenvalue weighted by molar-refractivity contribution is 7.99. The lowest BCUT2D eigenvalue weighted by Gasteiger charge is -2.01. The summed E-state index contributed by atoms with van der Waals surface area (Å²) in [5, 5.41) is 0. The third-order valence-corrected chi connectivity index (χ3v) is 3.59. The van der Waals surface area contributed by atoms with E-state index in [2.05, 4.69) is 25.6 Å². The van der Waals surface area contributed by atoms with E-state index in [1.165, 1.54) is 62.9 Å². The summed E-state index contributed by atoms with van der Waals surface area (Å²) in [4.78, 5) is 0. The lowest BCUT2D eigenvalue weighted by Crippen LogP contribution is -1.84. The van der Waals surface area contributed by atoms with Gasteiger partial charge in [0.2, 0.25) is 0 Å². The molecule has 0 N–H and O–H groups in total. The van der Waals surface area contributed by atoms with E-state index in [-0.39, 0.29) is 0 Å². The van der Waals surface area contributed by atoms with Crippen LogP contribution < -0.4 is 0 Å². The van der Waals surface area contributed by atoms with Gasteiger partial charge in [0, 0.05) is 0 Å². The van der Waals surface area contributed by atoms with Gasteiger partial charge < -0.3 is 0 Å². The average Bonchev–Trinajstić information content (AvgIpc) is 2.21. The minimum Gasteiger partial charge on any atom is -0.162 e. The molecule has 0 aliphatic rings. The second kappa shape index (κ2) is 13.4. The summed E-state index contributed by atoms with van der Waals surface area (Å²) >= 11 is 2.06. The largest absolute Gasteiger partial charge is 0.162 e. The van der Waals surface area contributed by atoms with Gasteiger partial charge in [-0.2, -0.15) is 11.8 Å². The van der Waals surface area contributed by atoms with Crippen molar-refractivity contribution < 1.29 is 0 Å². The number of thioether (sulfide) groups is 1. The first-order chi connectivity index (χ1) is 6.91. The summed E-state index contributed by atoms with van der Waals surface area (Å²) in [7, 11) is 0. The first kappa shape index (κ1) is 14.3. The van der Waals surface area contributed by atoms with Gasteiger partial charge in [0.25, 0.3) is 0 Å². The van der Waals surface area contributed by atoms with E-state index in [9.17, 15) is 0 Å². The highest BCUT2D eigenvalue weighted by Gasteiger charge is 1.91. The summed E-state index contributed by atoms with van der Waals surface area (Å²) in [6, 6.07) is 0. The highest BCUT2D eigenvalue weighted by atomic mass is 32.2. The Balaban J connectivity index is 2.78. The van der Waals surface area contributed by atoms with Crippen LogP contribution in [0.2, 0.25) is 0 Å². The van der Waals surface area contributed by atoms with Crippen LogP contribution in [0.5, 0.6) is 0 Å². The second-order valence-corrected chi connectivity index (χ2v) is 5.17. The minimum absolute atomic E-state index is 1.09. The zero-order valence-corrected chi connectivity index (χ0v) is 10.7. The molecule has 0 heterocycles. The molecule has 0 unspecified atom stereocenters. The molecule has 0 saturated carbocycles. The molecule has 0 fully saturated rings. The molecule has 0 saturated heterocycles. The van der Waals surface area contributed by atoms with E-state index in [0.717, 1.165) is 6.42 Å².